The van der Waals surface area contributed by atoms with Crippen molar-refractivity contribution in [2.75, 3.05) is 13.1 Å². The zero-order valence-electron chi connectivity index (χ0n) is 15.8. The number of aromatic nitrogens is 5. The molecule has 6 heterocycles. The van der Waals surface area contributed by atoms with E-state index in [0.717, 1.165) is 64.9 Å². The Morgan fingerprint density at radius 1 is 1.03 bits per heavy atom. The van der Waals surface area contributed by atoms with Crippen molar-refractivity contribution in [1.82, 2.24) is 30.5 Å². The standard InChI is InChI=1S/C22H20N6S/c1-2-19(29-9-1)21-15-11-18(26-17(15)5-8-24-21)20-16-10-14(12-25-22(16)28-27-20)13-3-6-23-7-4-13/h1-2,5,8-13,23,26H,3-4,6-7H2,(H,25,27,28). The third-order valence-corrected chi connectivity index (χ3v) is 6.69. The van der Waals surface area contributed by atoms with Crippen molar-refractivity contribution in [1.29, 1.82) is 0 Å². The van der Waals surface area contributed by atoms with Crippen LogP contribution in [0.15, 0.2) is 48.1 Å². The topological polar surface area (TPSA) is 82.3 Å². The first-order valence-electron chi connectivity index (χ1n) is 9.93. The molecule has 0 atom stereocenters. The van der Waals surface area contributed by atoms with Crippen LogP contribution in [0.5, 0.6) is 0 Å². The van der Waals surface area contributed by atoms with Gasteiger partial charge < -0.3 is 10.3 Å². The van der Waals surface area contributed by atoms with Gasteiger partial charge in [0.15, 0.2) is 5.65 Å². The molecule has 6 rings (SSSR count). The summed E-state index contributed by atoms with van der Waals surface area (Å²) < 4.78 is 0. The van der Waals surface area contributed by atoms with Crippen LogP contribution in [0, 0.1) is 0 Å². The van der Waals surface area contributed by atoms with Crippen molar-refractivity contribution in [3.8, 4) is 22.0 Å². The molecule has 5 aromatic rings. The van der Waals surface area contributed by atoms with Gasteiger partial charge in [-0.25, -0.2) is 4.98 Å². The van der Waals surface area contributed by atoms with Gasteiger partial charge in [-0.3, -0.25) is 10.1 Å². The average Bonchev–Trinajstić information content (AvgIpc) is 3.52. The van der Waals surface area contributed by atoms with Gasteiger partial charge in [0.25, 0.3) is 0 Å². The number of piperidine rings is 1. The average molecular weight is 401 g/mol. The summed E-state index contributed by atoms with van der Waals surface area (Å²) in [7, 11) is 0. The molecule has 0 bridgehead atoms. The van der Waals surface area contributed by atoms with Gasteiger partial charge in [-0.1, -0.05) is 6.07 Å². The van der Waals surface area contributed by atoms with Crippen LogP contribution < -0.4 is 5.32 Å². The molecule has 5 aromatic heterocycles. The van der Waals surface area contributed by atoms with Crippen molar-refractivity contribution >= 4 is 33.3 Å². The van der Waals surface area contributed by atoms with Crippen molar-refractivity contribution in [3.63, 3.8) is 0 Å². The van der Waals surface area contributed by atoms with E-state index in [4.69, 9.17) is 0 Å². The number of H-pyrrole nitrogens is 2. The Kier molecular flexibility index (Phi) is 3.95. The number of nitrogens with zero attached hydrogens (tertiary/aromatic N) is 3. The maximum atomic E-state index is 4.63. The van der Waals surface area contributed by atoms with E-state index in [9.17, 15) is 0 Å². The maximum Gasteiger partial charge on any atom is 0.181 e. The highest BCUT2D eigenvalue weighted by Crippen LogP contribution is 2.35. The number of fused-ring (bicyclic) bond motifs is 2. The zero-order valence-corrected chi connectivity index (χ0v) is 16.6. The zero-order chi connectivity index (χ0) is 19.2. The normalized spacial score (nSPS) is 15.4. The fourth-order valence-corrected chi connectivity index (χ4v) is 5.03. The third-order valence-electron chi connectivity index (χ3n) is 5.81. The second-order valence-corrected chi connectivity index (χ2v) is 8.49. The SMILES string of the molecule is c1csc(-c2nccc3[nH]c(-c4[nH]nc5ncc(C6CCNCC6)cc45)cc23)c1. The van der Waals surface area contributed by atoms with Crippen LogP contribution in [0.4, 0.5) is 0 Å². The summed E-state index contributed by atoms with van der Waals surface area (Å²) in [6.45, 7) is 2.14. The Morgan fingerprint density at radius 2 is 1.97 bits per heavy atom. The number of aromatic amines is 2. The second-order valence-electron chi connectivity index (χ2n) is 7.54. The van der Waals surface area contributed by atoms with Gasteiger partial charge >= 0.3 is 0 Å². The number of hydrogen-bond acceptors (Lipinski definition) is 5. The number of rotatable bonds is 3. The lowest BCUT2D eigenvalue weighted by atomic mass is 9.91. The largest absolute Gasteiger partial charge is 0.353 e. The highest BCUT2D eigenvalue weighted by atomic mass is 32.1. The molecule has 1 fully saturated rings. The summed E-state index contributed by atoms with van der Waals surface area (Å²) in [5, 5.41) is 15.4. The highest BCUT2D eigenvalue weighted by Gasteiger charge is 2.19. The Bertz CT molecular complexity index is 1290. The second kappa shape index (κ2) is 6.79. The van der Waals surface area contributed by atoms with Crippen LogP contribution in [0.2, 0.25) is 0 Å². The first-order valence-corrected chi connectivity index (χ1v) is 10.8. The molecule has 29 heavy (non-hydrogen) atoms. The predicted molar refractivity (Wildman–Crippen MR) is 117 cm³/mol. The van der Waals surface area contributed by atoms with Crippen LogP contribution in [0.25, 0.3) is 43.9 Å². The Morgan fingerprint density at radius 3 is 2.83 bits per heavy atom. The predicted octanol–water partition coefficient (Wildman–Crippen LogP) is 4.70. The minimum Gasteiger partial charge on any atom is -0.353 e. The number of thiophene rings is 1. The Hall–Kier alpha value is -3.03. The summed E-state index contributed by atoms with van der Waals surface area (Å²) >= 11 is 1.71. The van der Waals surface area contributed by atoms with Crippen LogP contribution in [-0.2, 0) is 0 Å². The first-order chi connectivity index (χ1) is 14.4. The van der Waals surface area contributed by atoms with Gasteiger partial charge in [-0.15, -0.1) is 11.3 Å². The van der Waals surface area contributed by atoms with Crippen LogP contribution in [0.3, 0.4) is 0 Å². The smallest absolute Gasteiger partial charge is 0.181 e. The molecule has 0 spiro atoms. The minimum atomic E-state index is 0.563. The molecule has 0 saturated carbocycles. The Labute approximate surface area is 171 Å². The maximum absolute atomic E-state index is 4.63. The molecule has 3 N–H and O–H groups in total. The van der Waals surface area contributed by atoms with Crippen LogP contribution >= 0.6 is 11.3 Å². The third kappa shape index (κ3) is 2.85. The summed E-state index contributed by atoms with van der Waals surface area (Å²) in [6, 6.07) is 10.6. The molecular formula is C22H20N6S. The van der Waals surface area contributed by atoms with E-state index in [-0.39, 0.29) is 0 Å². The van der Waals surface area contributed by atoms with Crippen molar-refractivity contribution in [2.45, 2.75) is 18.8 Å². The molecule has 0 aliphatic carbocycles. The molecule has 1 saturated heterocycles. The van der Waals surface area contributed by atoms with E-state index < -0.39 is 0 Å². The number of nitrogens with one attached hydrogen (secondary N) is 3. The number of pyridine rings is 2. The Balaban J connectivity index is 1.48. The monoisotopic (exact) mass is 400 g/mol. The van der Waals surface area contributed by atoms with Gasteiger partial charge in [0.2, 0.25) is 0 Å². The lowest BCUT2D eigenvalue weighted by molar-refractivity contribution is 0.460. The molecule has 0 amide bonds. The molecule has 7 heteroatoms. The molecular weight excluding hydrogens is 380 g/mol. The molecule has 6 nitrogen and oxygen atoms in total. The molecule has 1 aliphatic heterocycles. The van der Waals surface area contributed by atoms with Gasteiger partial charge in [0.1, 0.15) is 0 Å². The van der Waals surface area contributed by atoms with Gasteiger partial charge in [0, 0.05) is 28.7 Å². The van der Waals surface area contributed by atoms with Crippen LogP contribution in [0.1, 0.15) is 24.3 Å². The summed E-state index contributed by atoms with van der Waals surface area (Å²) in [5.41, 5.74) is 6.14. The molecule has 0 aromatic carbocycles. The molecule has 1 aliphatic rings. The van der Waals surface area contributed by atoms with Crippen LogP contribution in [-0.4, -0.2) is 38.2 Å². The molecule has 0 radical (unpaired) electrons. The van der Waals surface area contributed by atoms with E-state index in [0.29, 0.717) is 5.92 Å². The quantitative estimate of drug-likeness (QED) is 0.410. The highest BCUT2D eigenvalue weighted by molar-refractivity contribution is 7.13. The molecule has 144 valence electrons. The lowest BCUT2D eigenvalue weighted by Crippen LogP contribution is -2.26. The fourth-order valence-electron chi connectivity index (χ4n) is 4.30. The van der Waals surface area contributed by atoms with Crippen molar-refractivity contribution < 1.29 is 0 Å². The number of hydrogen-bond donors (Lipinski definition) is 3. The lowest BCUT2D eigenvalue weighted by Gasteiger charge is -2.22. The van der Waals surface area contributed by atoms with E-state index in [1.165, 1.54) is 10.4 Å². The van der Waals surface area contributed by atoms with E-state index in [1.54, 1.807) is 11.3 Å². The fraction of sp³-hybridized carbons (Fsp3) is 0.227. The van der Waals surface area contributed by atoms with Gasteiger partial charge in [-0.05, 0) is 67.1 Å². The molecule has 0 unspecified atom stereocenters. The summed E-state index contributed by atoms with van der Waals surface area (Å²) in [6.07, 6.45) is 6.16. The van der Waals surface area contributed by atoms with E-state index in [2.05, 4.69) is 60.1 Å². The summed E-state index contributed by atoms with van der Waals surface area (Å²) in [4.78, 5) is 14.0. The van der Waals surface area contributed by atoms with E-state index >= 15 is 0 Å². The van der Waals surface area contributed by atoms with Crippen molar-refractivity contribution in [2.24, 2.45) is 0 Å². The minimum absolute atomic E-state index is 0.563. The van der Waals surface area contributed by atoms with Crippen molar-refractivity contribution in [3.05, 3.63) is 53.7 Å². The van der Waals surface area contributed by atoms with Gasteiger partial charge in [-0.2, -0.15) is 5.10 Å². The van der Waals surface area contributed by atoms with E-state index in [1.807, 2.05) is 18.5 Å². The summed E-state index contributed by atoms with van der Waals surface area (Å²) in [5.74, 6) is 0.563. The van der Waals surface area contributed by atoms with Gasteiger partial charge in [0.05, 0.1) is 22.0 Å². The first kappa shape index (κ1) is 16.9.